The van der Waals surface area contributed by atoms with Gasteiger partial charge in [0.2, 0.25) is 11.0 Å². The monoisotopic (exact) mass is 453 g/mol. The maximum atomic E-state index is 12.3. The van der Waals surface area contributed by atoms with Gasteiger partial charge in [0.15, 0.2) is 6.10 Å². The van der Waals surface area contributed by atoms with E-state index in [0.29, 0.717) is 0 Å². The van der Waals surface area contributed by atoms with Crippen LogP contribution < -0.4 is 5.32 Å². The third kappa shape index (κ3) is 6.79. The molecule has 6 atom stereocenters. The summed E-state index contributed by atoms with van der Waals surface area (Å²) in [5.41, 5.74) is 0. The van der Waals surface area contributed by atoms with Crippen LogP contribution in [0.4, 0.5) is 0 Å². The SMILES string of the molecule is COC(=O)C1(Cl)CC(OC)C(NC(C)=O)C(C(OC)C(COC(C)=O)OC(C)=O)O1. The summed E-state index contributed by atoms with van der Waals surface area (Å²) in [6, 6.07) is -0.843. The molecule has 0 aliphatic carbocycles. The molecule has 12 heteroatoms. The molecule has 1 aliphatic rings. The number of nitrogens with one attached hydrogen (secondary N) is 1. The van der Waals surface area contributed by atoms with E-state index in [1.165, 1.54) is 35.0 Å². The van der Waals surface area contributed by atoms with E-state index in [1.54, 1.807) is 0 Å². The molecule has 1 fully saturated rings. The smallest absolute Gasteiger partial charge is 0.354 e. The van der Waals surface area contributed by atoms with E-state index in [2.05, 4.69) is 5.32 Å². The van der Waals surface area contributed by atoms with E-state index in [4.69, 9.17) is 40.0 Å². The summed E-state index contributed by atoms with van der Waals surface area (Å²) in [4.78, 5) is 47.0. The van der Waals surface area contributed by atoms with Crippen molar-refractivity contribution in [2.24, 2.45) is 0 Å². The number of esters is 3. The van der Waals surface area contributed by atoms with Crippen molar-refractivity contribution in [2.75, 3.05) is 27.9 Å². The summed E-state index contributed by atoms with van der Waals surface area (Å²) in [5.74, 6) is -2.57. The molecule has 0 bridgehead atoms. The van der Waals surface area contributed by atoms with Gasteiger partial charge in [-0.1, -0.05) is 11.6 Å². The van der Waals surface area contributed by atoms with Crippen molar-refractivity contribution in [3.63, 3.8) is 0 Å². The number of alkyl halides is 1. The number of rotatable bonds is 9. The minimum absolute atomic E-state index is 0.141. The fraction of sp³-hybridized carbons (Fsp3) is 0.778. The normalized spacial score (nSPS) is 28.0. The fourth-order valence-electron chi connectivity index (χ4n) is 3.24. The molecule has 1 N–H and O–H groups in total. The van der Waals surface area contributed by atoms with Crippen LogP contribution in [0.2, 0.25) is 0 Å². The molecule has 1 rings (SSSR count). The van der Waals surface area contributed by atoms with E-state index in [1.807, 2.05) is 0 Å². The molecule has 1 heterocycles. The van der Waals surface area contributed by atoms with Crippen LogP contribution in [0.15, 0.2) is 0 Å². The first-order chi connectivity index (χ1) is 14.0. The third-order valence-corrected chi connectivity index (χ3v) is 4.83. The molecule has 0 radical (unpaired) electrons. The van der Waals surface area contributed by atoms with Crippen molar-refractivity contribution < 1.29 is 47.6 Å². The minimum Gasteiger partial charge on any atom is -0.466 e. The van der Waals surface area contributed by atoms with Crippen LogP contribution in [-0.2, 0) is 47.6 Å². The molecule has 0 saturated carbocycles. The number of amides is 1. The van der Waals surface area contributed by atoms with Crippen molar-refractivity contribution in [3.05, 3.63) is 0 Å². The Hall–Kier alpha value is -1.95. The van der Waals surface area contributed by atoms with E-state index in [-0.39, 0.29) is 13.0 Å². The molecule has 1 amide bonds. The Balaban J connectivity index is 3.39. The lowest BCUT2D eigenvalue weighted by Crippen LogP contribution is -2.67. The van der Waals surface area contributed by atoms with Gasteiger partial charge in [0.1, 0.15) is 18.8 Å². The molecule has 172 valence electrons. The number of hydrogen-bond donors (Lipinski definition) is 1. The maximum absolute atomic E-state index is 12.3. The van der Waals surface area contributed by atoms with Gasteiger partial charge in [0.25, 0.3) is 0 Å². The number of carbonyl (C=O) groups excluding carboxylic acids is 4. The van der Waals surface area contributed by atoms with E-state index < -0.39 is 59.3 Å². The first-order valence-electron chi connectivity index (χ1n) is 9.07. The second-order valence-electron chi connectivity index (χ2n) is 6.66. The summed E-state index contributed by atoms with van der Waals surface area (Å²) >= 11 is 6.40. The Kier molecular flexibility index (Phi) is 9.95. The van der Waals surface area contributed by atoms with Crippen LogP contribution in [0.25, 0.3) is 0 Å². The van der Waals surface area contributed by atoms with E-state index >= 15 is 0 Å². The number of halogens is 1. The summed E-state index contributed by atoms with van der Waals surface area (Å²) in [6.07, 6.45) is -4.31. The average Bonchev–Trinajstić information content (AvgIpc) is 2.66. The molecule has 1 aliphatic heterocycles. The first-order valence-corrected chi connectivity index (χ1v) is 9.45. The standard InChI is InChI=1S/C18H28ClNO10/c1-9(21)20-14-12(25-4)7-18(19,17(24)27-6)30-16(14)15(26-5)13(29-11(3)23)8-28-10(2)22/h12-16H,7-8H2,1-6H3,(H,20,21). The zero-order valence-corrected chi connectivity index (χ0v) is 18.5. The highest BCUT2D eigenvalue weighted by Gasteiger charge is 2.55. The van der Waals surface area contributed by atoms with Crippen molar-refractivity contribution >= 4 is 35.4 Å². The van der Waals surface area contributed by atoms with Crippen LogP contribution in [0.3, 0.4) is 0 Å². The van der Waals surface area contributed by atoms with Crippen molar-refractivity contribution in [3.8, 4) is 0 Å². The van der Waals surface area contributed by atoms with Gasteiger partial charge in [-0.25, -0.2) is 4.79 Å². The number of methoxy groups -OCH3 is 3. The highest BCUT2D eigenvalue weighted by molar-refractivity contribution is 6.32. The summed E-state index contributed by atoms with van der Waals surface area (Å²) in [5, 5.41) is 0.737. The number of hydrogen-bond acceptors (Lipinski definition) is 10. The molecular formula is C18H28ClNO10. The topological polar surface area (TPSA) is 136 Å². The van der Waals surface area contributed by atoms with Crippen LogP contribution in [0.5, 0.6) is 0 Å². The zero-order chi connectivity index (χ0) is 23.1. The Labute approximate surface area is 179 Å². The predicted octanol–water partition coefficient (Wildman–Crippen LogP) is -0.0871. The van der Waals surface area contributed by atoms with Crippen molar-refractivity contribution in [2.45, 2.75) is 62.7 Å². The quantitative estimate of drug-likeness (QED) is 0.286. The molecule has 1 saturated heterocycles. The van der Waals surface area contributed by atoms with Crippen LogP contribution in [0, 0.1) is 0 Å². The predicted molar refractivity (Wildman–Crippen MR) is 101 cm³/mol. The van der Waals surface area contributed by atoms with E-state index in [0.717, 1.165) is 7.11 Å². The Bertz CT molecular complexity index is 644. The van der Waals surface area contributed by atoms with Gasteiger partial charge >= 0.3 is 17.9 Å². The molecule has 11 nitrogen and oxygen atoms in total. The first kappa shape index (κ1) is 26.1. The molecule has 6 unspecified atom stereocenters. The second kappa shape index (κ2) is 11.4. The van der Waals surface area contributed by atoms with Gasteiger partial charge in [-0.2, -0.15) is 0 Å². The Morgan fingerprint density at radius 2 is 1.77 bits per heavy atom. The average molecular weight is 454 g/mol. The van der Waals surface area contributed by atoms with Gasteiger partial charge < -0.3 is 33.7 Å². The molecular weight excluding hydrogens is 426 g/mol. The van der Waals surface area contributed by atoms with Crippen LogP contribution in [-0.4, -0.2) is 87.3 Å². The molecule has 0 aromatic heterocycles. The highest BCUT2D eigenvalue weighted by Crippen LogP contribution is 2.38. The lowest BCUT2D eigenvalue weighted by Gasteiger charge is -2.47. The van der Waals surface area contributed by atoms with Gasteiger partial charge in [0.05, 0.1) is 19.3 Å². The van der Waals surface area contributed by atoms with Crippen LogP contribution in [0.1, 0.15) is 27.2 Å². The van der Waals surface area contributed by atoms with Gasteiger partial charge in [0, 0.05) is 41.4 Å². The summed E-state index contributed by atoms with van der Waals surface area (Å²) < 4.78 is 31.7. The van der Waals surface area contributed by atoms with E-state index in [9.17, 15) is 19.2 Å². The minimum atomic E-state index is -1.95. The zero-order valence-electron chi connectivity index (χ0n) is 17.8. The summed E-state index contributed by atoms with van der Waals surface area (Å²) in [6.45, 7) is 3.28. The van der Waals surface area contributed by atoms with Gasteiger partial charge in [-0.05, 0) is 0 Å². The largest absolute Gasteiger partial charge is 0.466 e. The molecule has 0 aromatic rings. The highest BCUT2D eigenvalue weighted by atomic mass is 35.5. The number of carbonyl (C=O) groups is 4. The third-order valence-electron chi connectivity index (χ3n) is 4.43. The van der Waals surface area contributed by atoms with Gasteiger partial charge in [-0.15, -0.1) is 0 Å². The van der Waals surface area contributed by atoms with Crippen LogP contribution >= 0.6 is 11.6 Å². The molecule has 0 spiro atoms. The lowest BCUT2D eigenvalue weighted by molar-refractivity contribution is -0.221. The summed E-state index contributed by atoms with van der Waals surface area (Å²) in [7, 11) is 3.82. The Morgan fingerprint density at radius 1 is 1.13 bits per heavy atom. The fourth-order valence-corrected chi connectivity index (χ4v) is 3.57. The number of ether oxygens (including phenoxy) is 6. The van der Waals surface area contributed by atoms with Crippen molar-refractivity contribution in [1.82, 2.24) is 5.32 Å². The molecule has 30 heavy (non-hydrogen) atoms. The second-order valence-corrected chi connectivity index (χ2v) is 7.27. The Morgan fingerprint density at radius 3 is 2.20 bits per heavy atom. The lowest BCUT2D eigenvalue weighted by atomic mass is 9.89. The van der Waals surface area contributed by atoms with Gasteiger partial charge in [-0.3, -0.25) is 14.4 Å². The van der Waals surface area contributed by atoms with Crippen molar-refractivity contribution in [1.29, 1.82) is 0 Å². The maximum Gasteiger partial charge on any atom is 0.354 e. The molecule has 0 aromatic carbocycles.